The first-order chi connectivity index (χ1) is 13.5. The molecule has 2 aromatic rings. The van der Waals surface area contributed by atoms with Crippen molar-refractivity contribution in [2.75, 3.05) is 51.4 Å². The number of nitrogens with zero attached hydrogens (tertiary/aromatic N) is 2. The number of esters is 1. The van der Waals surface area contributed by atoms with Gasteiger partial charge in [-0.3, -0.25) is 4.79 Å². The summed E-state index contributed by atoms with van der Waals surface area (Å²) in [6.45, 7) is 5.26. The molecular weight excluding hydrogens is 385 g/mol. The van der Waals surface area contributed by atoms with Crippen LogP contribution in [0.4, 0.5) is 10.1 Å². The summed E-state index contributed by atoms with van der Waals surface area (Å²) < 4.78 is 26.8. The maximum atomic E-state index is 14.9. The summed E-state index contributed by atoms with van der Waals surface area (Å²) >= 11 is 1.44. The van der Waals surface area contributed by atoms with Gasteiger partial charge in [-0.2, -0.15) is 0 Å². The van der Waals surface area contributed by atoms with Crippen molar-refractivity contribution >= 4 is 34.3 Å². The summed E-state index contributed by atoms with van der Waals surface area (Å²) in [7, 11) is 1.50. The molecule has 1 unspecified atom stereocenters. The highest BCUT2D eigenvalue weighted by Crippen LogP contribution is 2.46. The van der Waals surface area contributed by atoms with Crippen LogP contribution in [0.25, 0.3) is 10.9 Å². The fourth-order valence-electron chi connectivity index (χ4n) is 3.65. The van der Waals surface area contributed by atoms with Gasteiger partial charge in [0.1, 0.15) is 18.0 Å². The molecule has 28 heavy (non-hydrogen) atoms. The van der Waals surface area contributed by atoms with E-state index in [1.807, 2.05) is 16.4 Å². The first kappa shape index (κ1) is 19.2. The molecule has 2 aliphatic heterocycles. The molecule has 1 fully saturated rings. The van der Waals surface area contributed by atoms with Crippen molar-refractivity contribution in [1.82, 2.24) is 9.88 Å². The Kier molecular flexibility index (Phi) is 5.31. The fourth-order valence-corrected chi connectivity index (χ4v) is 4.80. The second-order valence-corrected chi connectivity index (χ2v) is 8.09. The van der Waals surface area contributed by atoms with E-state index in [9.17, 15) is 14.0 Å². The second kappa shape index (κ2) is 7.73. The van der Waals surface area contributed by atoms with Crippen molar-refractivity contribution in [3.05, 3.63) is 33.7 Å². The summed E-state index contributed by atoms with van der Waals surface area (Å²) in [4.78, 5) is 27.5. The van der Waals surface area contributed by atoms with Crippen LogP contribution < -0.4 is 15.6 Å². The number of carbonyl (C=O) groups excluding carboxylic acids is 1. The third kappa shape index (κ3) is 3.17. The van der Waals surface area contributed by atoms with Gasteiger partial charge in [0, 0.05) is 38.7 Å². The molecule has 0 spiro atoms. The molecule has 0 aliphatic carbocycles. The van der Waals surface area contributed by atoms with E-state index in [2.05, 4.69) is 5.32 Å². The molecule has 7 nitrogen and oxygen atoms in total. The van der Waals surface area contributed by atoms with Crippen LogP contribution in [0, 0.1) is 5.82 Å². The summed E-state index contributed by atoms with van der Waals surface area (Å²) in [5, 5.41) is 4.07. The van der Waals surface area contributed by atoms with Gasteiger partial charge < -0.3 is 24.3 Å². The Labute approximate surface area is 165 Å². The number of hydrogen-bond donors (Lipinski definition) is 1. The molecule has 1 aromatic carbocycles. The maximum Gasteiger partial charge on any atom is 0.344 e. The Morgan fingerprint density at radius 2 is 2.07 bits per heavy atom. The number of pyridine rings is 1. The maximum absolute atomic E-state index is 14.9. The van der Waals surface area contributed by atoms with Gasteiger partial charge in [-0.05, 0) is 19.1 Å². The molecule has 1 aromatic heterocycles. The van der Waals surface area contributed by atoms with Crippen molar-refractivity contribution in [2.24, 2.45) is 0 Å². The molecule has 3 heterocycles. The number of benzene rings is 1. The molecule has 0 bridgehead atoms. The number of fused-ring (bicyclic) bond motifs is 3. The van der Waals surface area contributed by atoms with Crippen LogP contribution in [-0.2, 0) is 9.47 Å². The summed E-state index contributed by atoms with van der Waals surface area (Å²) in [5.74, 6) is -1.15. The van der Waals surface area contributed by atoms with Gasteiger partial charge in [0.25, 0.3) is 0 Å². The van der Waals surface area contributed by atoms with Crippen LogP contribution in [0.3, 0.4) is 0 Å². The number of ether oxygens (including phenoxy) is 2. The normalized spacial score (nSPS) is 18.7. The molecule has 1 saturated heterocycles. The van der Waals surface area contributed by atoms with Crippen LogP contribution in [0.15, 0.2) is 22.0 Å². The fraction of sp³-hybridized carbons (Fsp3) is 0.474. The Balaban J connectivity index is 1.83. The van der Waals surface area contributed by atoms with E-state index in [1.165, 1.54) is 24.9 Å². The molecule has 0 saturated carbocycles. The quantitative estimate of drug-likeness (QED) is 0.600. The highest BCUT2D eigenvalue weighted by atomic mass is 32.2. The number of halogens is 1. The minimum atomic E-state index is -0.696. The molecular formula is C19H22FN3O4S. The number of nitrogens with one attached hydrogen (secondary N) is 1. The number of aromatic nitrogens is 1. The zero-order valence-electron chi connectivity index (χ0n) is 15.8. The van der Waals surface area contributed by atoms with Crippen molar-refractivity contribution in [1.29, 1.82) is 0 Å². The molecule has 150 valence electrons. The van der Waals surface area contributed by atoms with E-state index in [4.69, 9.17) is 9.47 Å². The largest absolute Gasteiger partial charge is 0.459 e. The number of thioether (sulfide) groups is 1. The number of hydrogen-bond acceptors (Lipinski definition) is 7. The number of carbonyl (C=O) groups is 1. The second-order valence-electron chi connectivity index (χ2n) is 6.78. The monoisotopic (exact) mass is 407 g/mol. The molecule has 2 aliphatic rings. The van der Waals surface area contributed by atoms with Crippen molar-refractivity contribution in [3.8, 4) is 0 Å². The van der Waals surface area contributed by atoms with Gasteiger partial charge in [0.2, 0.25) is 5.43 Å². The van der Waals surface area contributed by atoms with Crippen LogP contribution in [0.1, 0.15) is 22.7 Å². The topological polar surface area (TPSA) is 72.8 Å². The van der Waals surface area contributed by atoms with Crippen molar-refractivity contribution in [3.63, 3.8) is 0 Å². The average molecular weight is 407 g/mol. The molecule has 9 heteroatoms. The zero-order valence-corrected chi connectivity index (χ0v) is 16.6. The van der Waals surface area contributed by atoms with Gasteiger partial charge in [-0.15, -0.1) is 0 Å². The van der Waals surface area contributed by atoms with Crippen molar-refractivity contribution in [2.45, 2.75) is 17.3 Å². The minimum Gasteiger partial charge on any atom is -0.459 e. The van der Waals surface area contributed by atoms with Gasteiger partial charge in [0.15, 0.2) is 0 Å². The molecule has 0 radical (unpaired) electrons. The van der Waals surface area contributed by atoms with Gasteiger partial charge >= 0.3 is 5.97 Å². The third-order valence-electron chi connectivity index (χ3n) is 5.06. The molecule has 4 rings (SSSR count). The predicted octanol–water partition coefficient (Wildman–Crippen LogP) is 1.98. The van der Waals surface area contributed by atoms with Gasteiger partial charge in [-0.1, -0.05) is 11.8 Å². The standard InChI is InChI=1S/C19H22FN3O4S/c1-11-23-14-10-15(22-5-3-21-4-6-22)13(20)9-12(14)17(24)16(18(23)28-11)19(25)27-8-7-26-2/h9-11,21H,3-8H2,1-2H3. The van der Waals surface area contributed by atoms with E-state index in [-0.39, 0.29) is 29.5 Å². The van der Waals surface area contributed by atoms with Crippen molar-refractivity contribution < 1.29 is 18.7 Å². The summed E-state index contributed by atoms with van der Waals surface area (Å²) in [5.41, 5.74) is 0.618. The van der Waals surface area contributed by atoms with E-state index < -0.39 is 17.2 Å². The summed E-state index contributed by atoms with van der Waals surface area (Å²) in [6, 6.07) is 2.99. The Morgan fingerprint density at radius 1 is 1.32 bits per heavy atom. The van der Waals surface area contributed by atoms with E-state index >= 15 is 0 Å². The highest BCUT2D eigenvalue weighted by molar-refractivity contribution is 8.00. The van der Waals surface area contributed by atoms with E-state index in [0.29, 0.717) is 29.3 Å². The predicted molar refractivity (Wildman–Crippen MR) is 106 cm³/mol. The lowest BCUT2D eigenvalue weighted by atomic mass is 10.1. The summed E-state index contributed by atoms with van der Waals surface area (Å²) in [6.07, 6.45) is 0. The average Bonchev–Trinajstić information content (AvgIpc) is 2.68. The van der Waals surface area contributed by atoms with Gasteiger partial charge in [-0.25, -0.2) is 9.18 Å². The lowest BCUT2D eigenvalue weighted by Crippen LogP contribution is -2.44. The first-order valence-electron chi connectivity index (χ1n) is 9.23. The molecule has 1 N–H and O–H groups in total. The van der Waals surface area contributed by atoms with Crippen LogP contribution in [0.2, 0.25) is 0 Å². The highest BCUT2D eigenvalue weighted by Gasteiger charge is 2.34. The van der Waals surface area contributed by atoms with Crippen LogP contribution >= 0.6 is 11.8 Å². The molecule has 0 amide bonds. The van der Waals surface area contributed by atoms with Crippen LogP contribution in [0.5, 0.6) is 0 Å². The Bertz CT molecular complexity index is 988. The number of methoxy groups -OCH3 is 1. The molecule has 1 atom stereocenters. The van der Waals surface area contributed by atoms with E-state index in [0.717, 1.165) is 13.1 Å². The Hall–Kier alpha value is -2.10. The third-order valence-corrected chi connectivity index (χ3v) is 6.23. The number of rotatable bonds is 5. The smallest absolute Gasteiger partial charge is 0.344 e. The van der Waals surface area contributed by atoms with Crippen LogP contribution in [-0.4, -0.2) is 57.0 Å². The van der Waals surface area contributed by atoms with E-state index in [1.54, 1.807) is 6.07 Å². The SMILES string of the molecule is COCCOC(=O)c1c2n(c3cc(N4CCNCC4)c(F)cc3c1=O)C(C)S2. The number of anilines is 1. The minimum absolute atomic E-state index is 0.0268. The number of piperazine rings is 1. The Morgan fingerprint density at radius 3 is 2.75 bits per heavy atom. The lowest BCUT2D eigenvalue weighted by Gasteiger charge is -2.34. The van der Waals surface area contributed by atoms with Gasteiger partial charge in [0.05, 0.1) is 28.2 Å². The first-order valence-corrected chi connectivity index (χ1v) is 10.1. The zero-order chi connectivity index (χ0) is 19.8. The lowest BCUT2D eigenvalue weighted by molar-refractivity contribution is 0.0380.